The number of halogens is 2. The standard InChI is InChI=1S/C17H15Br2N5O2/c1-3-4-13-14-15(23(2)21-13)17(25)24(22-20-14)8-11-6-9-5-10(18)7-12(19)16(9)26-11/h5-7H,3-4,8H2,1-2H3. The van der Waals surface area contributed by atoms with Crippen LogP contribution in [-0.2, 0) is 20.0 Å². The first-order valence-corrected chi connectivity index (χ1v) is 9.73. The molecule has 9 heteroatoms. The van der Waals surface area contributed by atoms with E-state index in [1.807, 2.05) is 18.2 Å². The molecule has 4 rings (SSSR count). The Hall–Kier alpha value is -2.00. The number of nitrogens with zero attached hydrogens (tertiary/aromatic N) is 5. The molecule has 0 saturated carbocycles. The predicted octanol–water partition coefficient (Wildman–Crippen LogP) is 3.80. The Labute approximate surface area is 165 Å². The fourth-order valence-corrected chi connectivity index (χ4v) is 4.38. The van der Waals surface area contributed by atoms with Crippen molar-refractivity contribution in [1.82, 2.24) is 24.8 Å². The van der Waals surface area contributed by atoms with Gasteiger partial charge >= 0.3 is 0 Å². The summed E-state index contributed by atoms with van der Waals surface area (Å²) in [5.41, 5.74) is 2.35. The minimum atomic E-state index is -0.229. The fourth-order valence-electron chi connectivity index (χ4n) is 3.04. The summed E-state index contributed by atoms with van der Waals surface area (Å²) in [6.07, 6.45) is 1.70. The van der Waals surface area contributed by atoms with Crippen molar-refractivity contribution in [3.05, 3.63) is 49.0 Å². The molecule has 0 atom stereocenters. The number of fused-ring (bicyclic) bond motifs is 2. The Morgan fingerprint density at radius 1 is 1.23 bits per heavy atom. The minimum Gasteiger partial charge on any atom is -0.458 e. The lowest BCUT2D eigenvalue weighted by atomic mass is 10.2. The highest BCUT2D eigenvalue weighted by Crippen LogP contribution is 2.31. The van der Waals surface area contributed by atoms with Crippen LogP contribution < -0.4 is 5.56 Å². The molecule has 3 heterocycles. The molecule has 134 valence electrons. The molecule has 0 amide bonds. The van der Waals surface area contributed by atoms with Crippen molar-refractivity contribution >= 4 is 53.9 Å². The van der Waals surface area contributed by atoms with Crippen LogP contribution in [0, 0.1) is 0 Å². The van der Waals surface area contributed by atoms with E-state index in [1.54, 1.807) is 11.7 Å². The van der Waals surface area contributed by atoms with Gasteiger partial charge in [-0.25, -0.2) is 4.68 Å². The molecule has 0 bridgehead atoms. The first-order chi connectivity index (χ1) is 12.5. The summed E-state index contributed by atoms with van der Waals surface area (Å²) in [5.74, 6) is 0.630. The maximum Gasteiger partial charge on any atom is 0.296 e. The van der Waals surface area contributed by atoms with E-state index in [1.165, 1.54) is 4.68 Å². The molecule has 0 radical (unpaired) electrons. The fraction of sp³-hybridized carbons (Fsp3) is 0.294. The van der Waals surface area contributed by atoms with Gasteiger partial charge in [0.15, 0.2) is 5.52 Å². The van der Waals surface area contributed by atoms with E-state index in [2.05, 4.69) is 54.2 Å². The summed E-state index contributed by atoms with van der Waals surface area (Å²) in [6.45, 7) is 2.27. The number of hydrogen-bond acceptors (Lipinski definition) is 5. The zero-order valence-corrected chi connectivity index (χ0v) is 17.3. The molecule has 0 fully saturated rings. The van der Waals surface area contributed by atoms with E-state index in [9.17, 15) is 4.79 Å². The van der Waals surface area contributed by atoms with Crippen LogP contribution in [0.5, 0.6) is 0 Å². The molecular weight excluding hydrogens is 466 g/mol. The third-order valence-electron chi connectivity index (χ3n) is 4.16. The number of hydrogen-bond donors (Lipinski definition) is 0. The quantitative estimate of drug-likeness (QED) is 0.444. The van der Waals surface area contributed by atoms with Crippen LogP contribution in [-0.4, -0.2) is 24.8 Å². The second-order valence-corrected chi connectivity index (χ2v) is 7.86. The van der Waals surface area contributed by atoms with Crippen molar-refractivity contribution < 1.29 is 4.42 Å². The highest BCUT2D eigenvalue weighted by molar-refractivity contribution is 9.11. The smallest absolute Gasteiger partial charge is 0.296 e. The summed E-state index contributed by atoms with van der Waals surface area (Å²) in [4.78, 5) is 12.8. The lowest BCUT2D eigenvalue weighted by Crippen LogP contribution is -2.25. The lowest BCUT2D eigenvalue weighted by molar-refractivity contribution is 0.487. The van der Waals surface area contributed by atoms with Gasteiger partial charge in [-0.1, -0.05) is 34.5 Å². The summed E-state index contributed by atoms with van der Waals surface area (Å²) in [6, 6.07) is 5.77. The number of rotatable bonds is 4. The summed E-state index contributed by atoms with van der Waals surface area (Å²) in [7, 11) is 1.75. The van der Waals surface area contributed by atoms with Gasteiger partial charge in [-0.2, -0.15) is 5.10 Å². The zero-order valence-electron chi connectivity index (χ0n) is 14.2. The SMILES string of the molecule is CCCc1nn(C)c2c(=O)n(Cc3cc4cc(Br)cc(Br)c4o3)nnc12. The second kappa shape index (κ2) is 6.62. The van der Waals surface area contributed by atoms with E-state index < -0.39 is 0 Å². The summed E-state index contributed by atoms with van der Waals surface area (Å²) in [5, 5.41) is 13.7. The molecular formula is C17H15Br2N5O2. The third kappa shape index (κ3) is 2.88. The van der Waals surface area contributed by atoms with Crippen molar-refractivity contribution in [1.29, 1.82) is 0 Å². The van der Waals surface area contributed by atoms with Crippen LogP contribution in [0.15, 0.2) is 36.4 Å². The second-order valence-electron chi connectivity index (χ2n) is 6.09. The average molecular weight is 481 g/mol. The molecule has 0 N–H and O–H groups in total. The van der Waals surface area contributed by atoms with Crippen molar-refractivity contribution in [2.24, 2.45) is 7.05 Å². The lowest BCUT2D eigenvalue weighted by Gasteiger charge is -2.01. The highest BCUT2D eigenvalue weighted by atomic mass is 79.9. The van der Waals surface area contributed by atoms with E-state index in [0.29, 0.717) is 16.8 Å². The molecule has 3 aromatic heterocycles. The molecule has 4 aromatic rings. The van der Waals surface area contributed by atoms with Gasteiger partial charge in [0.1, 0.15) is 23.4 Å². The monoisotopic (exact) mass is 479 g/mol. The summed E-state index contributed by atoms with van der Waals surface area (Å²) >= 11 is 6.95. The van der Waals surface area contributed by atoms with Gasteiger partial charge in [0.2, 0.25) is 0 Å². The van der Waals surface area contributed by atoms with Crippen molar-refractivity contribution in [2.75, 3.05) is 0 Å². The van der Waals surface area contributed by atoms with Crippen molar-refractivity contribution in [2.45, 2.75) is 26.3 Å². The van der Waals surface area contributed by atoms with Crippen molar-refractivity contribution in [3.63, 3.8) is 0 Å². The number of furan rings is 1. The molecule has 26 heavy (non-hydrogen) atoms. The molecule has 0 aliphatic rings. The van der Waals surface area contributed by atoms with E-state index in [4.69, 9.17) is 4.42 Å². The average Bonchev–Trinajstić information content (AvgIpc) is 3.12. The number of benzene rings is 1. The van der Waals surface area contributed by atoms with E-state index in [0.717, 1.165) is 38.5 Å². The van der Waals surface area contributed by atoms with Gasteiger partial charge in [0.05, 0.1) is 10.2 Å². The molecule has 0 unspecified atom stereocenters. The zero-order chi connectivity index (χ0) is 18.4. The van der Waals surface area contributed by atoms with Gasteiger partial charge in [-0.15, -0.1) is 5.10 Å². The molecule has 0 saturated heterocycles. The van der Waals surface area contributed by atoms with Gasteiger partial charge < -0.3 is 4.42 Å². The Morgan fingerprint density at radius 3 is 2.81 bits per heavy atom. The largest absolute Gasteiger partial charge is 0.458 e. The minimum absolute atomic E-state index is 0.203. The van der Waals surface area contributed by atoms with Crippen LogP contribution in [0.2, 0.25) is 0 Å². The van der Waals surface area contributed by atoms with Crippen LogP contribution in [0.3, 0.4) is 0 Å². The number of aryl methyl sites for hydroxylation is 2. The van der Waals surface area contributed by atoms with Gasteiger partial charge in [0, 0.05) is 16.9 Å². The Bertz CT molecular complexity index is 1190. The summed E-state index contributed by atoms with van der Waals surface area (Å²) < 4.78 is 10.6. The van der Waals surface area contributed by atoms with E-state index in [-0.39, 0.29) is 12.1 Å². The Balaban J connectivity index is 1.78. The van der Waals surface area contributed by atoms with Crippen LogP contribution in [0.1, 0.15) is 24.8 Å². The van der Waals surface area contributed by atoms with Crippen LogP contribution in [0.4, 0.5) is 0 Å². The topological polar surface area (TPSA) is 78.7 Å². The normalized spacial score (nSPS) is 11.7. The highest BCUT2D eigenvalue weighted by Gasteiger charge is 2.17. The first-order valence-electron chi connectivity index (χ1n) is 8.14. The molecule has 7 nitrogen and oxygen atoms in total. The van der Waals surface area contributed by atoms with E-state index >= 15 is 0 Å². The maximum absolute atomic E-state index is 12.8. The third-order valence-corrected chi connectivity index (χ3v) is 5.21. The molecule has 0 spiro atoms. The predicted molar refractivity (Wildman–Crippen MR) is 105 cm³/mol. The Morgan fingerprint density at radius 2 is 2.04 bits per heavy atom. The van der Waals surface area contributed by atoms with Gasteiger partial charge in [-0.3, -0.25) is 9.48 Å². The van der Waals surface area contributed by atoms with Crippen LogP contribution >= 0.6 is 31.9 Å². The molecule has 0 aliphatic carbocycles. The Kier molecular flexibility index (Phi) is 4.44. The van der Waals surface area contributed by atoms with Crippen LogP contribution in [0.25, 0.3) is 22.0 Å². The van der Waals surface area contributed by atoms with Crippen molar-refractivity contribution in [3.8, 4) is 0 Å². The molecule has 0 aliphatic heterocycles. The maximum atomic E-state index is 12.8. The number of aromatic nitrogens is 5. The van der Waals surface area contributed by atoms with Gasteiger partial charge in [-0.05, 0) is 40.5 Å². The molecule has 1 aromatic carbocycles. The first kappa shape index (κ1) is 17.4. The van der Waals surface area contributed by atoms with Gasteiger partial charge in [0.25, 0.3) is 5.56 Å².